The van der Waals surface area contributed by atoms with Gasteiger partial charge in [0.15, 0.2) is 0 Å². The van der Waals surface area contributed by atoms with Gasteiger partial charge in [-0.3, -0.25) is 14.5 Å². The number of carbonyl (C=O) groups is 2. The number of imide groups is 1. The third kappa shape index (κ3) is 3.89. The molecule has 0 unspecified atom stereocenters. The van der Waals surface area contributed by atoms with Crippen LogP contribution in [-0.2, 0) is 16.0 Å². The van der Waals surface area contributed by atoms with Gasteiger partial charge in [0, 0.05) is 12.2 Å². The minimum Gasteiger partial charge on any atom is -0.494 e. The van der Waals surface area contributed by atoms with Gasteiger partial charge in [-0.15, -0.1) is 0 Å². The largest absolute Gasteiger partial charge is 0.494 e. The summed E-state index contributed by atoms with van der Waals surface area (Å²) >= 11 is 6.11. The highest BCUT2D eigenvalue weighted by molar-refractivity contribution is 6.48. The molecule has 0 bridgehead atoms. The number of nitrogens with zero attached hydrogens (tertiary/aromatic N) is 1. The van der Waals surface area contributed by atoms with Crippen LogP contribution in [0.25, 0.3) is 0 Å². The first kappa shape index (κ1) is 18.0. The summed E-state index contributed by atoms with van der Waals surface area (Å²) in [6.07, 6.45) is 0.582. The molecule has 1 aliphatic heterocycles. The summed E-state index contributed by atoms with van der Waals surface area (Å²) in [6.45, 7) is 2.77. The Balaban J connectivity index is 1.68. The molecule has 134 valence electrons. The summed E-state index contributed by atoms with van der Waals surface area (Å²) < 4.78 is 5.39. The number of carbonyl (C=O) groups excluding carboxylic acids is 2. The van der Waals surface area contributed by atoms with Crippen LogP contribution in [0.1, 0.15) is 12.5 Å². The van der Waals surface area contributed by atoms with E-state index in [4.69, 9.17) is 16.3 Å². The molecule has 1 N–H and O–H groups in total. The van der Waals surface area contributed by atoms with Crippen LogP contribution in [0.4, 0.5) is 5.69 Å². The average molecular weight is 371 g/mol. The molecular formula is C20H19ClN2O3. The molecular weight excluding hydrogens is 352 g/mol. The van der Waals surface area contributed by atoms with E-state index in [0.29, 0.717) is 18.7 Å². The Bertz CT molecular complexity index is 832. The smallest absolute Gasteiger partial charge is 0.278 e. The summed E-state index contributed by atoms with van der Waals surface area (Å²) in [5.41, 5.74) is 1.82. The number of anilines is 1. The van der Waals surface area contributed by atoms with E-state index in [1.165, 1.54) is 4.90 Å². The van der Waals surface area contributed by atoms with E-state index in [1.807, 2.05) is 37.3 Å². The molecule has 0 aliphatic carbocycles. The predicted octanol–water partition coefficient (Wildman–Crippen LogP) is 3.56. The summed E-state index contributed by atoms with van der Waals surface area (Å²) in [5.74, 6) is -0.151. The van der Waals surface area contributed by atoms with Crippen LogP contribution in [0.2, 0.25) is 0 Å². The molecule has 1 aliphatic rings. The Kier molecular flexibility index (Phi) is 5.58. The van der Waals surface area contributed by atoms with Gasteiger partial charge >= 0.3 is 0 Å². The van der Waals surface area contributed by atoms with Crippen molar-refractivity contribution in [3.63, 3.8) is 0 Å². The van der Waals surface area contributed by atoms with Crippen LogP contribution in [0.15, 0.2) is 65.3 Å². The van der Waals surface area contributed by atoms with E-state index in [9.17, 15) is 9.59 Å². The quantitative estimate of drug-likeness (QED) is 0.757. The first-order valence-corrected chi connectivity index (χ1v) is 8.77. The normalized spacial score (nSPS) is 14.2. The SMILES string of the molecule is CCOc1ccc(NC2=C(Cl)C(=O)N(CCc3ccccc3)C2=O)cc1. The maximum absolute atomic E-state index is 12.6. The van der Waals surface area contributed by atoms with Crippen LogP contribution in [0, 0.1) is 0 Å². The first-order chi connectivity index (χ1) is 12.6. The lowest BCUT2D eigenvalue weighted by Gasteiger charge is -2.15. The number of nitrogens with one attached hydrogen (secondary N) is 1. The monoisotopic (exact) mass is 370 g/mol. The summed E-state index contributed by atoms with van der Waals surface area (Å²) in [5, 5.41) is 2.86. The van der Waals surface area contributed by atoms with Crippen LogP contribution in [0.5, 0.6) is 5.75 Å². The maximum Gasteiger partial charge on any atom is 0.278 e. The Morgan fingerprint density at radius 3 is 2.35 bits per heavy atom. The molecule has 0 saturated heterocycles. The molecule has 5 nitrogen and oxygen atoms in total. The number of hydrogen-bond acceptors (Lipinski definition) is 4. The van der Waals surface area contributed by atoms with Gasteiger partial charge in [-0.1, -0.05) is 41.9 Å². The number of halogens is 1. The lowest BCUT2D eigenvalue weighted by Crippen LogP contribution is -2.34. The predicted molar refractivity (Wildman–Crippen MR) is 101 cm³/mol. The minimum absolute atomic E-state index is 0.0862. The fourth-order valence-corrected chi connectivity index (χ4v) is 2.92. The van der Waals surface area contributed by atoms with Crippen LogP contribution < -0.4 is 10.1 Å². The van der Waals surface area contributed by atoms with Gasteiger partial charge in [0.05, 0.1) is 6.61 Å². The average Bonchev–Trinajstić information content (AvgIpc) is 2.86. The van der Waals surface area contributed by atoms with E-state index >= 15 is 0 Å². The second kappa shape index (κ2) is 8.06. The summed E-state index contributed by atoms with van der Waals surface area (Å²) in [6, 6.07) is 16.8. The van der Waals surface area contributed by atoms with Gasteiger partial charge in [-0.25, -0.2) is 0 Å². The Morgan fingerprint density at radius 1 is 1.00 bits per heavy atom. The van der Waals surface area contributed by atoms with Crippen LogP contribution in [-0.4, -0.2) is 29.9 Å². The third-order valence-corrected chi connectivity index (χ3v) is 4.36. The highest BCUT2D eigenvalue weighted by Crippen LogP contribution is 2.26. The van der Waals surface area contributed by atoms with Crippen molar-refractivity contribution in [1.29, 1.82) is 0 Å². The molecule has 0 spiro atoms. The zero-order valence-corrected chi connectivity index (χ0v) is 15.1. The van der Waals surface area contributed by atoms with Crippen molar-refractivity contribution in [2.75, 3.05) is 18.5 Å². The van der Waals surface area contributed by atoms with E-state index in [-0.39, 0.29) is 17.3 Å². The molecule has 2 aromatic rings. The van der Waals surface area contributed by atoms with E-state index in [0.717, 1.165) is 11.3 Å². The van der Waals surface area contributed by atoms with Crippen molar-refractivity contribution >= 4 is 29.1 Å². The number of rotatable bonds is 7. The fraction of sp³-hybridized carbons (Fsp3) is 0.200. The van der Waals surface area contributed by atoms with Crippen LogP contribution in [0.3, 0.4) is 0 Å². The van der Waals surface area contributed by atoms with Gasteiger partial charge in [0.25, 0.3) is 11.8 Å². The molecule has 1 heterocycles. The van der Waals surface area contributed by atoms with Gasteiger partial charge in [0.2, 0.25) is 0 Å². The molecule has 0 aromatic heterocycles. The second-order valence-corrected chi connectivity index (χ2v) is 6.15. The number of benzene rings is 2. The van der Waals surface area contributed by atoms with Crippen molar-refractivity contribution in [2.24, 2.45) is 0 Å². The number of amides is 2. The van der Waals surface area contributed by atoms with Crippen molar-refractivity contribution in [1.82, 2.24) is 4.90 Å². The fourth-order valence-electron chi connectivity index (χ4n) is 2.69. The lowest BCUT2D eigenvalue weighted by atomic mass is 10.1. The van der Waals surface area contributed by atoms with Crippen molar-refractivity contribution < 1.29 is 14.3 Å². The van der Waals surface area contributed by atoms with Crippen molar-refractivity contribution in [2.45, 2.75) is 13.3 Å². The van der Waals surface area contributed by atoms with Crippen molar-refractivity contribution in [3.05, 3.63) is 70.9 Å². The zero-order valence-electron chi connectivity index (χ0n) is 14.4. The summed E-state index contributed by atoms with van der Waals surface area (Å²) in [7, 11) is 0. The first-order valence-electron chi connectivity index (χ1n) is 8.40. The molecule has 0 radical (unpaired) electrons. The second-order valence-electron chi connectivity index (χ2n) is 5.77. The van der Waals surface area contributed by atoms with Gasteiger partial charge in [-0.05, 0) is 43.2 Å². The van der Waals surface area contributed by atoms with Gasteiger partial charge in [0.1, 0.15) is 16.5 Å². The Morgan fingerprint density at radius 2 is 1.69 bits per heavy atom. The standard InChI is InChI=1S/C20H19ClN2O3/c1-2-26-16-10-8-15(9-11-16)22-18-17(21)19(24)23(20(18)25)13-12-14-6-4-3-5-7-14/h3-11,22H,2,12-13H2,1H3. The van der Waals surface area contributed by atoms with E-state index < -0.39 is 11.8 Å². The lowest BCUT2D eigenvalue weighted by molar-refractivity contribution is -0.137. The van der Waals surface area contributed by atoms with E-state index in [2.05, 4.69) is 5.32 Å². The number of ether oxygens (including phenoxy) is 1. The maximum atomic E-state index is 12.6. The highest BCUT2D eigenvalue weighted by atomic mass is 35.5. The highest BCUT2D eigenvalue weighted by Gasteiger charge is 2.37. The molecule has 0 saturated carbocycles. The van der Waals surface area contributed by atoms with E-state index in [1.54, 1.807) is 24.3 Å². The topological polar surface area (TPSA) is 58.6 Å². The molecule has 26 heavy (non-hydrogen) atoms. The Hall–Kier alpha value is -2.79. The van der Waals surface area contributed by atoms with Crippen LogP contribution >= 0.6 is 11.6 Å². The molecule has 2 amide bonds. The van der Waals surface area contributed by atoms with Gasteiger partial charge in [-0.2, -0.15) is 0 Å². The Labute approximate surface area is 157 Å². The molecule has 0 atom stereocenters. The third-order valence-electron chi connectivity index (χ3n) is 4.01. The zero-order chi connectivity index (χ0) is 18.5. The summed E-state index contributed by atoms with van der Waals surface area (Å²) in [4.78, 5) is 26.1. The van der Waals surface area contributed by atoms with Crippen molar-refractivity contribution in [3.8, 4) is 5.75 Å². The molecule has 3 rings (SSSR count). The molecule has 2 aromatic carbocycles. The van der Waals surface area contributed by atoms with Gasteiger partial charge < -0.3 is 10.1 Å². The molecule has 6 heteroatoms. The minimum atomic E-state index is -0.471. The number of hydrogen-bond donors (Lipinski definition) is 1. The molecule has 0 fully saturated rings.